The molecular weight excluding hydrogens is 516 g/mol. The molecule has 0 unspecified atom stereocenters. The van der Waals surface area contributed by atoms with Crippen LogP contribution < -0.4 is 5.73 Å². The Morgan fingerprint density at radius 3 is 2.07 bits per heavy atom. The molecule has 0 atom stereocenters. The lowest BCUT2D eigenvalue weighted by Crippen LogP contribution is -2.04. The van der Waals surface area contributed by atoms with Crippen molar-refractivity contribution in [3.8, 4) is 22.8 Å². The zero-order valence-electron chi connectivity index (χ0n) is 22.5. The second-order valence-electron chi connectivity index (χ2n) is 10.3. The van der Waals surface area contributed by atoms with Crippen LogP contribution in [0.5, 0.6) is 0 Å². The molecule has 0 aliphatic rings. The maximum Gasteiger partial charge on any atom is 0.166 e. The number of aromatic nitrogens is 3. The van der Waals surface area contributed by atoms with Gasteiger partial charge in [-0.05, 0) is 44.5 Å². The lowest BCUT2D eigenvalue weighted by atomic mass is 9.95. The molecule has 8 rings (SSSR count). The fraction of sp³-hybridized carbons (Fsp3) is 0. The van der Waals surface area contributed by atoms with E-state index in [-0.39, 0.29) is 0 Å². The summed E-state index contributed by atoms with van der Waals surface area (Å²) in [5.41, 5.74) is 10.3. The van der Waals surface area contributed by atoms with Crippen molar-refractivity contribution in [3.05, 3.63) is 145 Å². The highest BCUT2D eigenvalue weighted by atomic mass is 16.3. The Hall–Kier alpha value is -5.81. The number of hydrogen-bond donors (Lipinski definition) is 1. The minimum atomic E-state index is 0.484. The van der Waals surface area contributed by atoms with E-state index in [1.807, 2.05) is 54.6 Å². The molecule has 0 radical (unpaired) electrons. The van der Waals surface area contributed by atoms with Crippen LogP contribution in [-0.2, 0) is 0 Å². The van der Waals surface area contributed by atoms with Crippen LogP contribution in [-0.4, -0.2) is 15.0 Å². The Bertz CT molecular complexity index is 2320. The minimum Gasteiger partial charge on any atom is -0.464 e. The number of furan rings is 1. The third-order valence-corrected chi connectivity index (χ3v) is 7.83. The van der Waals surface area contributed by atoms with Gasteiger partial charge in [0.25, 0.3) is 0 Å². The van der Waals surface area contributed by atoms with Crippen molar-refractivity contribution in [1.82, 2.24) is 15.0 Å². The molecule has 2 aromatic heterocycles. The first-order valence-corrected chi connectivity index (χ1v) is 13.8. The fourth-order valence-corrected chi connectivity index (χ4v) is 5.79. The van der Waals surface area contributed by atoms with Crippen LogP contribution in [0.2, 0.25) is 0 Å². The second-order valence-corrected chi connectivity index (χ2v) is 10.3. The fourth-order valence-electron chi connectivity index (χ4n) is 5.79. The summed E-state index contributed by atoms with van der Waals surface area (Å²) < 4.78 is 5.83. The maximum absolute atomic E-state index is 6.23. The van der Waals surface area contributed by atoms with Crippen molar-refractivity contribution in [2.75, 3.05) is 0 Å². The number of nitrogens with two attached hydrogens (primary N) is 1. The quantitative estimate of drug-likeness (QED) is 0.226. The molecule has 198 valence electrons. The Kier molecular flexibility index (Phi) is 5.54. The van der Waals surface area contributed by atoms with Gasteiger partial charge in [0.1, 0.15) is 5.58 Å². The smallest absolute Gasteiger partial charge is 0.166 e. The third kappa shape index (κ3) is 3.91. The molecule has 0 aliphatic carbocycles. The van der Waals surface area contributed by atoms with E-state index in [1.165, 1.54) is 26.9 Å². The van der Waals surface area contributed by atoms with Gasteiger partial charge in [0.2, 0.25) is 0 Å². The summed E-state index contributed by atoms with van der Waals surface area (Å²) in [6.45, 7) is 0. The van der Waals surface area contributed by atoms with Gasteiger partial charge in [0, 0.05) is 33.8 Å². The first kappa shape index (κ1) is 24.0. The van der Waals surface area contributed by atoms with Gasteiger partial charge in [-0.1, -0.05) is 109 Å². The van der Waals surface area contributed by atoms with Gasteiger partial charge in [-0.3, -0.25) is 0 Å². The number of rotatable bonds is 4. The molecule has 0 saturated heterocycles. The molecule has 0 bridgehead atoms. The van der Waals surface area contributed by atoms with E-state index >= 15 is 0 Å². The Balaban J connectivity index is 1.34. The predicted octanol–water partition coefficient (Wildman–Crippen LogP) is 8.76. The number of hydrogen-bond acceptors (Lipinski definition) is 5. The van der Waals surface area contributed by atoms with Gasteiger partial charge >= 0.3 is 0 Å². The zero-order valence-corrected chi connectivity index (χ0v) is 22.5. The first-order chi connectivity index (χ1) is 20.8. The van der Waals surface area contributed by atoms with Crippen LogP contribution in [0.1, 0.15) is 11.4 Å². The molecule has 2 heterocycles. The third-order valence-electron chi connectivity index (χ3n) is 7.83. The average molecular weight is 541 g/mol. The molecule has 5 nitrogen and oxygen atoms in total. The Labute approximate surface area is 241 Å². The van der Waals surface area contributed by atoms with E-state index in [0.717, 1.165) is 33.0 Å². The normalized spacial score (nSPS) is 12.0. The Morgan fingerprint density at radius 2 is 1.24 bits per heavy atom. The number of nitrogens with zero attached hydrogens (tertiary/aromatic N) is 3. The van der Waals surface area contributed by atoms with Gasteiger partial charge in [0.05, 0.1) is 6.26 Å². The van der Waals surface area contributed by atoms with Crippen LogP contribution in [0.3, 0.4) is 0 Å². The minimum absolute atomic E-state index is 0.484. The van der Waals surface area contributed by atoms with Crippen LogP contribution >= 0.6 is 0 Å². The summed E-state index contributed by atoms with van der Waals surface area (Å²) in [5.74, 6) is 1.63. The second kappa shape index (κ2) is 9.68. The molecule has 0 amide bonds. The van der Waals surface area contributed by atoms with E-state index in [1.54, 1.807) is 12.5 Å². The topological polar surface area (TPSA) is 77.8 Å². The highest BCUT2D eigenvalue weighted by Gasteiger charge is 2.18. The number of benzene rings is 6. The van der Waals surface area contributed by atoms with E-state index in [0.29, 0.717) is 23.0 Å². The SMILES string of the molecule is N/C=C(/c1nc(-c2ccccc2)nc(-c2ccc3c(ccc4ccc5ccccc5c43)c2)n1)c1coc2ccccc12. The van der Waals surface area contributed by atoms with Crippen molar-refractivity contribution < 1.29 is 4.42 Å². The van der Waals surface area contributed by atoms with Gasteiger partial charge in [-0.2, -0.15) is 0 Å². The van der Waals surface area contributed by atoms with Crippen LogP contribution in [0.25, 0.3) is 71.6 Å². The van der Waals surface area contributed by atoms with Crippen molar-refractivity contribution >= 4 is 48.9 Å². The number of para-hydroxylation sites is 1. The summed E-state index contributed by atoms with van der Waals surface area (Å²) in [7, 11) is 0. The molecule has 6 aromatic carbocycles. The summed E-state index contributed by atoms with van der Waals surface area (Å²) in [5, 5.41) is 8.19. The lowest BCUT2D eigenvalue weighted by molar-refractivity contribution is 0.614. The number of fused-ring (bicyclic) bond motifs is 6. The molecular formula is C37H24N4O. The Morgan fingerprint density at radius 1 is 0.571 bits per heavy atom. The highest BCUT2D eigenvalue weighted by molar-refractivity contribution is 6.20. The monoisotopic (exact) mass is 540 g/mol. The summed E-state index contributed by atoms with van der Waals surface area (Å²) in [6, 6.07) is 41.5. The molecule has 5 heteroatoms. The molecule has 0 fully saturated rings. The summed E-state index contributed by atoms with van der Waals surface area (Å²) in [6.07, 6.45) is 3.25. The predicted molar refractivity (Wildman–Crippen MR) is 171 cm³/mol. The summed E-state index contributed by atoms with van der Waals surface area (Å²) >= 11 is 0. The van der Waals surface area contributed by atoms with Crippen molar-refractivity contribution in [2.45, 2.75) is 0 Å². The van der Waals surface area contributed by atoms with Crippen molar-refractivity contribution in [2.24, 2.45) is 5.73 Å². The largest absolute Gasteiger partial charge is 0.464 e. The maximum atomic E-state index is 6.23. The van der Waals surface area contributed by atoms with Crippen LogP contribution in [0.4, 0.5) is 0 Å². The molecule has 0 aliphatic heterocycles. The lowest BCUT2D eigenvalue weighted by Gasteiger charge is -2.12. The standard InChI is InChI=1S/C37H24N4O/c38-21-31(32-22-42-33-13-7-6-12-30(32)33)37-40-35(25-9-2-1-3-10-25)39-36(41-37)27-18-19-29-26(20-27)17-16-24-15-14-23-8-4-5-11-28(23)34(24)29/h1-22H,38H2/b31-21+. The van der Waals surface area contributed by atoms with Crippen LogP contribution in [0, 0.1) is 0 Å². The van der Waals surface area contributed by atoms with Gasteiger partial charge in [0.15, 0.2) is 17.5 Å². The molecule has 8 aromatic rings. The molecule has 2 N–H and O–H groups in total. The van der Waals surface area contributed by atoms with E-state index in [4.69, 9.17) is 25.1 Å². The van der Waals surface area contributed by atoms with E-state index in [9.17, 15) is 0 Å². The summed E-state index contributed by atoms with van der Waals surface area (Å²) in [4.78, 5) is 14.8. The van der Waals surface area contributed by atoms with Crippen molar-refractivity contribution in [1.29, 1.82) is 0 Å². The van der Waals surface area contributed by atoms with Crippen LogP contribution in [0.15, 0.2) is 138 Å². The zero-order chi connectivity index (χ0) is 28.0. The highest BCUT2D eigenvalue weighted by Crippen LogP contribution is 2.35. The molecule has 0 saturated carbocycles. The van der Waals surface area contributed by atoms with Gasteiger partial charge in [-0.25, -0.2) is 15.0 Å². The van der Waals surface area contributed by atoms with Gasteiger partial charge < -0.3 is 10.2 Å². The molecule has 0 spiro atoms. The molecule has 42 heavy (non-hydrogen) atoms. The van der Waals surface area contributed by atoms with E-state index < -0.39 is 0 Å². The first-order valence-electron chi connectivity index (χ1n) is 13.8. The average Bonchev–Trinajstić information content (AvgIpc) is 3.48. The van der Waals surface area contributed by atoms with E-state index in [2.05, 4.69) is 66.7 Å². The van der Waals surface area contributed by atoms with Gasteiger partial charge in [-0.15, -0.1) is 0 Å². The van der Waals surface area contributed by atoms with Crippen molar-refractivity contribution in [3.63, 3.8) is 0 Å².